The predicted molar refractivity (Wildman–Crippen MR) is 334 cm³/mol. The van der Waals surface area contributed by atoms with Gasteiger partial charge in [-0.1, -0.05) is 0 Å². The van der Waals surface area contributed by atoms with Gasteiger partial charge < -0.3 is 53.5 Å². The third-order valence-corrected chi connectivity index (χ3v) is 14.4. The number of hydrogen-bond donors (Lipinski definition) is 3. The molecule has 0 bridgehead atoms. The van der Waals surface area contributed by atoms with E-state index in [1.54, 1.807) is 36.4 Å². The number of aliphatic hydroxyl groups excluding tert-OH is 1. The summed E-state index contributed by atoms with van der Waals surface area (Å²) >= 11 is 0. The number of ketones is 2. The Morgan fingerprint density at radius 3 is 1.24 bits per heavy atom. The number of carbonyl (C=O) groups excluding carboxylic acids is 4. The van der Waals surface area contributed by atoms with E-state index < -0.39 is 24.5 Å². The number of hydrogen-bond acceptors (Lipinski definition) is 14. The molecule has 5 N–H and O–H groups in total. The molecule has 0 spiro atoms. The molecule has 24 heteroatoms. The predicted octanol–water partition coefficient (Wildman–Crippen LogP) is 10.8. The van der Waals surface area contributed by atoms with Crippen LogP contribution in [0, 0.1) is 34.6 Å². The number of anilines is 1. The van der Waals surface area contributed by atoms with E-state index in [1.807, 2.05) is 152 Å². The Labute approximate surface area is 505 Å². The van der Waals surface area contributed by atoms with Crippen LogP contribution in [0.5, 0.6) is 11.5 Å². The third kappa shape index (κ3) is 15.0. The van der Waals surface area contributed by atoms with E-state index in [0.29, 0.717) is 28.0 Å². The normalized spacial score (nSPS) is 11.1. The lowest BCUT2D eigenvalue weighted by Crippen LogP contribution is -2.12. The summed E-state index contributed by atoms with van der Waals surface area (Å²) in [7, 11) is 11.1. The lowest BCUT2D eigenvalue weighted by Gasteiger charge is -2.09. The quantitative estimate of drug-likeness (QED) is 0.0580. The molecule has 6 heterocycles. The first-order valence-corrected chi connectivity index (χ1v) is 27.6. The maximum atomic E-state index is 12.6. The summed E-state index contributed by atoms with van der Waals surface area (Å²) in [6.07, 6.45) is -4.29. The largest absolute Gasteiger partial charge is 0.491 e. The minimum Gasteiger partial charge on any atom is -0.491 e. The van der Waals surface area contributed by atoms with Gasteiger partial charge in [-0.2, -0.15) is 13.2 Å². The van der Waals surface area contributed by atoms with Crippen LogP contribution in [0.1, 0.15) is 93.7 Å². The van der Waals surface area contributed by atoms with Crippen molar-refractivity contribution in [3.63, 3.8) is 0 Å². The summed E-state index contributed by atoms with van der Waals surface area (Å²) in [5, 5.41) is 8.74. The first kappa shape index (κ1) is 65.3. The highest BCUT2D eigenvalue weighted by Crippen LogP contribution is 2.31. The molecule has 88 heavy (non-hydrogen) atoms. The van der Waals surface area contributed by atoms with Crippen LogP contribution in [0.15, 0.2) is 109 Å². The first-order chi connectivity index (χ1) is 41.4. The number of aliphatic hydroxyl groups is 1. The number of carbonyl (C=O) groups is 4. The van der Waals surface area contributed by atoms with Crippen molar-refractivity contribution in [3.05, 3.63) is 161 Å². The van der Waals surface area contributed by atoms with E-state index in [-0.39, 0.29) is 29.2 Å². The highest BCUT2D eigenvalue weighted by Gasteiger charge is 2.36. The van der Waals surface area contributed by atoms with Crippen molar-refractivity contribution in [2.45, 2.75) is 74.6 Å². The fourth-order valence-electron chi connectivity index (χ4n) is 9.24. The molecule has 0 saturated carbocycles. The molecule has 0 aliphatic rings. The van der Waals surface area contributed by atoms with Crippen molar-refractivity contribution in [2.75, 3.05) is 12.3 Å². The molecule has 0 saturated heterocycles. The van der Waals surface area contributed by atoms with Crippen molar-refractivity contribution in [2.24, 2.45) is 48.0 Å². The van der Waals surface area contributed by atoms with Gasteiger partial charge in [0.25, 0.3) is 0 Å². The number of ether oxygens (including phenoxy) is 2. The first-order valence-electron chi connectivity index (χ1n) is 27.6. The Balaban J connectivity index is 0.000000151. The SMILES string of the molecule is CC(=O)Oc1ccc2c(c1)nc(C)n2C.CC(=O)c1ccc2c(c1)nc(C(F)(F)F)n2C.Cc1nc2cc(C(=O)CO)ccc2n1C.Cc1nc2cc(C(N)=O)ccc2n1C.Cc1nc2cc(N)ccc2n1C.Cc1nc2cc(OC(C)C)ccc2n1C. The highest BCUT2D eigenvalue weighted by molar-refractivity contribution is 6.00. The zero-order chi connectivity index (χ0) is 64.8. The van der Waals surface area contributed by atoms with Crippen LogP contribution in [0.2, 0.25) is 0 Å². The van der Waals surface area contributed by atoms with Crippen molar-refractivity contribution >= 4 is 95.3 Å². The van der Waals surface area contributed by atoms with Crippen LogP contribution in [-0.2, 0) is 53.3 Å². The Morgan fingerprint density at radius 1 is 0.489 bits per heavy atom. The number of esters is 1. The number of fused-ring (bicyclic) bond motifs is 6. The van der Waals surface area contributed by atoms with E-state index in [2.05, 4.69) is 39.0 Å². The second kappa shape index (κ2) is 27.0. The molecular weight excluding hydrogens is 1130 g/mol. The Bertz CT molecular complexity index is 4580. The number of benzene rings is 6. The summed E-state index contributed by atoms with van der Waals surface area (Å²) in [6.45, 7) is 16.1. The molecule has 0 aliphatic carbocycles. The Morgan fingerprint density at radius 2 is 0.830 bits per heavy atom. The zero-order valence-corrected chi connectivity index (χ0v) is 51.7. The summed E-state index contributed by atoms with van der Waals surface area (Å²) < 4.78 is 59.4. The van der Waals surface area contributed by atoms with E-state index in [9.17, 15) is 32.3 Å². The molecule has 6 aromatic carbocycles. The summed E-state index contributed by atoms with van der Waals surface area (Å²) in [6, 6.07) is 32.1. The maximum Gasteiger partial charge on any atom is 0.449 e. The number of nitrogens with zero attached hydrogens (tertiary/aromatic N) is 12. The number of alkyl halides is 3. The number of nitrogen functional groups attached to an aromatic ring is 1. The number of aromatic nitrogens is 12. The molecule has 460 valence electrons. The molecule has 0 radical (unpaired) electrons. The highest BCUT2D eigenvalue weighted by atomic mass is 19.4. The lowest BCUT2D eigenvalue weighted by molar-refractivity contribution is -0.146. The number of primary amides is 1. The molecule has 12 rings (SSSR count). The summed E-state index contributed by atoms with van der Waals surface area (Å²) in [4.78, 5) is 69.4. The van der Waals surface area contributed by atoms with Crippen molar-refractivity contribution < 1.29 is 46.9 Å². The average molecular weight is 1210 g/mol. The van der Waals surface area contributed by atoms with Crippen molar-refractivity contribution in [1.82, 2.24) is 57.3 Å². The Hall–Kier alpha value is -10.2. The van der Waals surface area contributed by atoms with Gasteiger partial charge in [0.15, 0.2) is 11.6 Å². The van der Waals surface area contributed by atoms with Gasteiger partial charge in [0.1, 0.15) is 47.2 Å². The molecular formula is C64H71F3N14O7. The van der Waals surface area contributed by atoms with Gasteiger partial charge in [0.05, 0.1) is 72.3 Å². The van der Waals surface area contributed by atoms with E-state index in [1.165, 1.54) is 39.1 Å². The molecule has 0 fully saturated rings. The molecule has 0 unspecified atom stereocenters. The molecule has 1 amide bonds. The number of halogens is 3. The minimum atomic E-state index is -4.50. The number of amides is 1. The summed E-state index contributed by atoms with van der Waals surface area (Å²) in [5.74, 6) is 4.02. The molecule has 12 aromatic rings. The van der Waals surface area contributed by atoms with Gasteiger partial charge >= 0.3 is 12.1 Å². The fourth-order valence-corrected chi connectivity index (χ4v) is 9.24. The second-order valence-electron chi connectivity index (χ2n) is 21.0. The number of aryl methyl sites for hydroxylation is 11. The van der Waals surface area contributed by atoms with Gasteiger partial charge in [-0.25, -0.2) is 29.9 Å². The molecule has 21 nitrogen and oxygen atoms in total. The second-order valence-corrected chi connectivity index (χ2v) is 21.0. The van der Waals surface area contributed by atoms with Crippen LogP contribution in [-0.4, -0.2) is 98.6 Å². The molecule has 0 aliphatic heterocycles. The number of Topliss-reactive ketones (excluding diaryl/α,β-unsaturated/α-hetero) is 2. The molecule has 6 aromatic heterocycles. The van der Waals surface area contributed by atoms with Gasteiger partial charge in [0.2, 0.25) is 11.7 Å². The van der Waals surface area contributed by atoms with Crippen LogP contribution in [0.4, 0.5) is 18.9 Å². The van der Waals surface area contributed by atoms with E-state index in [4.69, 9.17) is 26.0 Å². The molecule has 0 atom stereocenters. The van der Waals surface area contributed by atoms with Crippen LogP contribution < -0.4 is 20.9 Å². The zero-order valence-electron chi connectivity index (χ0n) is 51.7. The van der Waals surface area contributed by atoms with Crippen molar-refractivity contribution in [1.29, 1.82) is 0 Å². The van der Waals surface area contributed by atoms with E-state index >= 15 is 0 Å². The lowest BCUT2D eigenvalue weighted by atomic mass is 10.1. The fraction of sp³-hybridized carbons (Fsp3) is 0.281. The number of imidazole rings is 6. The van der Waals surface area contributed by atoms with Gasteiger partial charge in [-0.15, -0.1) is 0 Å². The van der Waals surface area contributed by atoms with Crippen molar-refractivity contribution in [3.8, 4) is 11.5 Å². The van der Waals surface area contributed by atoms with Gasteiger partial charge in [-0.05, 0) is 152 Å². The van der Waals surface area contributed by atoms with Crippen LogP contribution in [0.3, 0.4) is 0 Å². The minimum absolute atomic E-state index is 0.174. The number of nitrogens with two attached hydrogens (primary N) is 2. The monoisotopic (exact) mass is 1200 g/mol. The van der Waals surface area contributed by atoms with Gasteiger partial charge in [-0.3, -0.25) is 19.2 Å². The van der Waals surface area contributed by atoms with Crippen LogP contribution >= 0.6 is 0 Å². The Kier molecular flexibility index (Phi) is 20.0. The average Bonchev–Trinajstić information content (AvgIpc) is 3.27. The smallest absolute Gasteiger partial charge is 0.449 e. The van der Waals surface area contributed by atoms with Crippen LogP contribution in [0.25, 0.3) is 66.2 Å². The number of rotatable bonds is 7. The third-order valence-electron chi connectivity index (χ3n) is 14.4. The summed E-state index contributed by atoms with van der Waals surface area (Å²) in [5.41, 5.74) is 23.1. The van der Waals surface area contributed by atoms with Gasteiger partial charge in [0, 0.05) is 83.7 Å². The standard InChI is InChI=1S/C12H16N2O.C11H9F3N2O.2C11H12N2O2.C10H11N3O.C9H11N3/c1-8(2)15-10-5-6-12-11(7-10)13-9(3)14(12)4;1-6(17)7-3-4-9-8(5-7)15-10(16(9)2)11(12,13)14;1-7-12-10-6-9(15-8(2)14)4-5-11(10)13(7)3;1-7-12-9-5-8(11(15)6-14)3-4-10(9)13(7)2;1-6-12-8-5-7(10(11)14)3-4-9(8)13(6)2;1-6-11-8-5-7(10)3-4-9(8)12(6)2/h5-8H,1-4H3;3-5H,1-2H3;4-6H,1-3H3;3-5,14H,6H2,1-2H3;3-5H,1-2H3,(H2,11,14);3-5H,10H2,1-2H3. The van der Waals surface area contributed by atoms with E-state index in [0.717, 1.165) is 100 Å². The maximum absolute atomic E-state index is 12.6. The topological polar surface area (TPSA) is 266 Å².